The third kappa shape index (κ3) is 15.2. The van der Waals surface area contributed by atoms with Crippen molar-refractivity contribution >= 4 is 11.9 Å². The van der Waals surface area contributed by atoms with Crippen molar-refractivity contribution in [3.63, 3.8) is 0 Å². The lowest BCUT2D eigenvalue weighted by Crippen LogP contribution is -2.16. The van der Waals surface area contributed by atoms with Crippen molar-refractivity contribution < 1.29 is 24.9 Å². The second-order valence-electron chi connectivity index (χ2n) is 9.32. The van der Waals surface area contributed by atoms with Crippen LogP contribution in [0.4, 0.5) is 0 Å². The highest BCUT2D eigenvalue weighted by Gasteiger charge is 2.21. The summed E-state index contributed by atoms with van der Waals surface area (Å²) in [7, 11) is 0. The Bertz CT molecular complexity index is 377. The molecule has 0 unspecified atom stereocenters. The lowest BCUT2D eigenvalue weighted by Gasteiger charge is -2.22. The van der Waals surface area contributed by atoms with E-state index in [1.165, 1.54) is 0 Å². The fourth-order valence-electron chi connectivity index (χ4n) is 3.46. The number of hydrogen-bond acceptors (Lipinski definition) is 3. The van der Waals surface area contributed by atoms with E-state index in [-0.39, 0.29) is 29.8 Å². The van der Waals surface area contributed by atoms with E-state index < -0.39 is 11.9 Å². The summed E-state index contributed by atoms with van der Waals surface area (Å²) in [6.45, 7) is 7.98. The lowest BCUT2D eigenvalue weighted by molar-refractivity contribution is -0.140. The molecule has 0 aliphatic heterocycles. The number of aliphatic hydroxyl groups excluding tert-OH is 1. The van der Waals surface area contributed by atoms with Crippen molar-refractivity contribution in [1.29, 1.82) is 0 Å². The normalized spacial score (nSPS) is 12.5. The summed E-state index contributed by atoms with van der Waals surface area (Å²) < 4.78 is 0. The van der Waals surface area contributed by atoms with Gasteiger partial charge >= 0.3 is 11.9 Å². The van der Waals surface area contributed by atoms with E-state index in [1.54, 1.807) is 0 Å². The Labute approximate surface area is 159 Å². The van der Waals surface area contributed by atoms with Gasteiger partial charge in [-0.1, -0.05) is 66.2 Å². The van der Waals surface area contributed by atoms with Gasteiger partial charge in [-0.25, -0.2) is 0 Å². The number of aliphatic hydroxyl groups is 1. The van der Waals surface area contributed by atoms with E-state index in [0.717, 1.165) is 64.2 Å². The molecule has 0 heterocycles. The second-order valence-corrected chi connectivity index (χ2v) is 9.32. The Kier molecular flexibility index (Phi) is 11.8. The van der Waals surface area contributed by atoms with E-state index in [9.17, 15) is 14.7 Å². The minimum Gasteiger partial charge on any atom is -0.481 e. The highest BCUT2D eigenvalue weighted by molar-refractivity contribution is 5.67. The van der Waals surface area contributed by atoms with Crippen LogP contribution in [0.3, 0.4) is 0 Å². The number of hydrogen-bond donors (Lipinski definition) is 3. The highest BCUT2D eigenvalue weighted by Crippen LogP contribution is 2.29. The molecule has 0 amide bonds. The lowest BCUT2D eigenvalue weighted by atomic mass is 9.83. The van der Waals surface area contributed by atoms with Crippen molar-refractivity contribution in [2.24, 2.45) is 10.8 Å². The molecule has 0 atom stereocenters. The molecule has 0 aliphatic rings. The van der Waals surface area contributed by atoms with Crippen LogP contribution in [0.5, 0.6) is 0 Å². The molecular weight excluding hydrogens is 332 g/mol. The van der Waals surface area contributed by atoms with Crippen LogP contribution < -0.4 is 0 Å². The maximum Gasteiger partial charge on any atom is 0.303 e. The third-order valence-electron chi connectivity index (χ3n) is 5.04. The van der Waals surface area contributed by atoms with Gasteiger partial charge in [-0.05, 0) is 36.5 Å². The summed E-state index contributed by atoms with van der Waals surface area (Å²) in [5.41, 5.74) is -0.308. The summed E-state index contributed by atoms with van der Waals surface area (Å²) >= 11 is 0. The van der Waals surface area contributed by atoms with Gasteiger partial charge in [0.15, 0.2) is 0 Å². The summed E-state index contributed by atoms with van der Waals surface area (Å²) in [5.74, 6) is -1.48. The van der Waals surface area contributed by atoms with Crippen molar-refractivity contribution in [3.05, 3.63) is 0 Å². The summed E-state index contributed by atoms with van der Waals surface area (Å²) in [5, 5.41) is 27.8. The van der Waals surface area contributed by atoms with Crippen molar-refractivity contribution in [2.45, 2.75) is 111 Å². The number of rotatable bonds is 16. The summed E-state index contributed by atoms with van der Waals surface area (Å²) in [6, 6.07) is 0. The van der Waals surface area contributed by atoms with Gasteiger partial charge in [-0.15, -0.1) is 0 Å². The minimum absolute atomic E-state index is 0.154. The summed E-state index contributed by atoms with van der Waals surface area (Å²) in [6.07, 6.45) is 9.62. The molecule has 0 saturated heterocycles. The average molecular weight is 373 g/mol. The molecule has 0 aliphatic carbocycles. The molecule has 0 rings (SSSR count). The number of carboxylic acid groups (broad SMARTS) is 2. The molecule has 26 heavy (non-hydrogen) atoms. The van der Waals surface area contributed by atoms with Crippen LogP contribution in [0.15, 0.2) is 0 Å². The Hall–Kier alpha value is -1.10. The minimum atomic E-state index is -0.739. The SMILES string of the molecule is CC(C)(CCCCCC(O)CCCCCC(C)(C)CC(=O)O)CC(=O)O. The fraction of sp³-hybridized carbons (Fsp3) is 0.905. The van der Waals surface area contributed by atoms with Crippen molar-refractivity contribution in [1.82, 2.24) is 0 Å². The van der Waals surface area contributed by atoms with Gasteiger partial charge in [-0.3, -0.25) is 9.59 Å². The van der Waals surface area contributed by atoms with Gasteiger partial charge in [0.2, 0.25) is 0 Å². The molecular formula is C21H40O5. The Morgan fingerprint density at radius 3 is 1.35 bits per heavy atom. The molecule has 0 radical (unpaired) electrons. The van der Waals surface area contributed by atoms with E-state index in [0.29, 0.717) is 0 Å². The number of carbonyl (C=O) groups is 2. The second kappa shape index (κ2) is 12.3. The van der Waals surface area contributed by atoms with Crippen LogP contribution in [0.25, 0.3) is 0 Å². The van der Waals surface area contributed by atoms with Crippen LogP contribution in [-0.2, 0) is 9.59 Å². The van der Waals surface area contributed by atoms with Gasteiger partial charge in [0.25, 0.3) is 0 Å². The van der Waals surface area contributed by atoms with Crippen LogP contribution in [0.1, 0.15) is 105 Å². The first-order chi connectivity index (χ1) is 11.9. The van der Waals surface area contributed by atoms with E-state index in [4.69, 9.17) is 10.2 Å². The maximum absolute atomic E-state index is 10.8. The van der Waals surface area contributed by atoms with Gasteiger partial charge in [-0.2, -0.15) is 0 Å². The van der Waals surface area contributed by atoms with Crippen molar-refractivity contribution in [3.8, 4) is 0 Å². The molecule has 5 heteroatoms. The van der Waals surface area contributed by atoms with Crippen LogP contribution in [0, 0.1) is 10.8 Å². The zero-order chi connectivity index (χ0) is 20.2. The standard InChI is InChI=1S/C21H40O5/c1-20(2,15-18(23)24)13-9-5-7-11-17(22)12-8-6-10-14-21(3,4)16-19(25)26/h17,22H,5-16H2,1-4H3,(H,23,24)(H,25,26). The zero-order valence-corrected chi connectivity index (χ0v) is 17.2. The first-order valence-corrected chi connectivity index (χ1v) is 10.1. The van der Waals surface area contributed by atoms with E-state index in [2.05, 4.69) is 0 Å². The number of unbranched alkanes of at least 4 members (excludes halogenated alkanes) is 4. The largest absolute Gasteiger partial charge is 0.481 e. The fourth-order valence-corrected chi connectivity index (χ4v) is 3.46. The predicted molar refractivity (Wildman–Crippen MR) is 104 cm³/mol. The summed E-state index contributed by atoms with van der Waals surface area (Å²) in [4.78, 5) is 21.6. The van der Waals surface area contributed by atoms with Crippen LogP contribution in [0.2, 0.25) is 0 Å². The van der Waals surface area contributed by atoms with Gasteiger partial charge in [0, 0.05) is 0 Å². The van der Waals surface area contributed by atoms with Gasteiger partial charge < -0.3 is 15.3 Å². The smallest absolute Gasteiger partial charge is 0.303 e. The topological polar surface area (TPSA) is 94.8 Å². The first-order valence-electron chi connectivity index (χ1n) is 10.1. The quantitative estimate of drug-likeness (QED) is 0.322. The molecule has 0 aromatic carbocycles. The monoisotopic (exact) mass is 372 g/mol. The van der Waals surface area contributed by atoms with Crippen LogP contribution in [-0.4, -0.2) is 33.4 Å². The molecule has 0 bridgehead atoms. The molecule has 0 saturated carbocycles. The maximum atomic E-state index is 10.8. The molecule has 0 spiro atoms. The molecule has 0 aromatic rings. The molecule has 0 aromatic heterocycles. The Morgan fingerprint density at radius 2 is 1.04 bits per heavy atom. The van der Waals surface area contributed by atoms with Crippen LogP contribution >= 0.6 is 0 Å². The number of aliphatic carboxylic acids is 2. The molecule has 3 N–H and O–H groups in total. The van der Waals surface area contributed by atoms with E-state index >= 15 is 0 Å². The molecule has 154 valence electrons. The van der Waals surface area contributed by atoms with E-state index in [1.807, 2.05) is 27.7 Å². The molecule has 5 nitrogen and oxygen atoms in total. The third-order valence-corrected chi connectivity index (χ3v) is 5.04. The predicted octanol–water partition coefficient (Wildman–Crippen LogP) is 5.25. The van der Waals surface area contributed by atoms with Crippen molar-refractivity contribution in [2.75, 3.05) is 0 Å². The zero-order valence-electron chi connectivity index (χ0n) is 17.2. The van der Waals surface area contributed by atoms with Gasteiger partial charge in [0.05, 0.1) is 18.9 Å². The highest BCUT2D eigenvalue weighted by atomic mass is 16.4. The molecule has 0 fully saturated rings. The average Bonchev–Trinajstić information content (AvgIpc) is 2.43. The first kappa shape index (κ1) is 24.9. The Morgan fingerprint density at radius 1 is 0.692 bits per heavy atom. The Balaban J connectivity index is 3.65. The van der Waals surface area contributed by atoms with Gasteiger partial charge in [0.1, 0.15) is 0 Å². The number of carboxylic acids is 2.